The molecular weight excluding hydrogens is 399 g/mol. The van der Waals surface area contributed by atoms with Gasteiger partial charge in [0.15, 0.2) is 0 Å². The smallest absolute Gasteiger partial charge is 0.368 e. The largest absolute Gasteiger partial charge is 0.416 e. The summed E-state index contributed by atoms with van der Waals surface area (Å²) < 4.78 is 38.8. The summed E-state index contributed by atoms with van der Waals surface area (Å²) >= 11 is 1.42. The van der Waals surface area contributed by atoms with Gasteiger partial charge in [0.2, 0.25) is 0 Å². The van der Waals surface area contributed by atoms with Crippen LogP contribution in [-0.2, 0) is 6.18 Å². The van der Waals surface area contributed by atoms with E-state index in [0.717, 1.165) is 22.7 Å². The van der Waals surface area contributed by atoms with Crippen molar-refractivity contribution in [3.05, 3.63) is 71.2 Å². The Morgan fingerprint density at radius 3 is 2.38 bits per heavy atom. The maximum absolute atomic E-state index is 12.9. The molecule has 1 fully saturated rings. The van der Waals surface area contributed by atoms with Crippen LogP contribution in [0, 0.1) is 0 Å². The molecule has 150 valence electrons. The number of hydrogen-bond acceptors (Lipinski definition) is 4. The highest BCUT2D eigenvalue weighted by atomic mass is 32.1. The highest BCUT2D eigenvalue weighted by Crippen LogP contribution is 2.32. The number of rotatable bonds is 3. The molecule has 8 heteroatoms. The molecule has 0 aliphatic carbocycles. The van der Waals surface area contributed by atoms with Gasteiger partial charge >= 0.3 is 6.18 Å². The summed E-state index contributed by atoms with van der Waals surface area (Å²) in [4.78, 5) is 20.8. The van der Waals surface area contributed by atoms with Gasteiger partial charge < -0.3 is 9.80 Å². The van der Waals surface area contributed by atoms with E-state index in [0.29, 0.717) is 37.6 Å². The predicted octanol–water partition coefficient (Wildman–Crippen LogP) is 4.79. The number of thiazole rings is 1. The van der Waals surface area contributed by atoms with Gasteiger partial charge in [-0.1, -0.05) is 36.4 Å². The zero-order valence-electron chi connectivity index (χ0n) is 15.4. The Kier molecular flexibility index (Phi) is 5.27. The van der Waals surface area contributed by atoms with Gasteiger partial charge in [-0.05, 0) is 18.2 Å². The molecule has 1 saturated heterocycles. The van der Waals surface area contributed by atoms with E-state index < -0.39 is 11.7 Å². The number of nitrogens with zero attached hydrogens (tertiary/aromatic N) is 3. The highest BCUT2D eigenvalue weighted by molar-refractivity contribution is 7.13. The van der Waals surface area contributed by atoms with Gasteiger partial charge in [0.1, 0.15) is 10.7 Å². The second-order valence-corrected chi connectivity index (χ2v) is 7.59. The van der Waals surface area contributed by atoms with E-state index in [4.69, 9.17) is 0 Å². The Hall–Kier alpha value is -2.87. The predicted molar refractivity (Wildman–Crippen MR) is 107 cm³/mol. The number of carbonyl (C=O) groups is 1. The van der Waals surface area contributed by atoms with Gasteiger partial charge in [0, 0.05) is 42.8 Å². The molecule has 4 rings (SSSR count). The second-order valence-electron chi connectivity index (χ2n) is 6.73. The summed E-state index contributed by atoms with van der Waals surface area (Å²) in [5.74, 6) is -0.146. The minimum atomic E-state index is -4.37. The zero-order valence-corrected chi connectivity index (χ0v) is 16.2. The molecule has 0 spiro atoms. The van der Waals surface area contributed by atoms with Gasteiger partial charge in [-0.25, -0.2) is 4.98 Å². The number of benzene rings is 2. The lowest BCUT2D eigenvalue weighted by Gasteiger charge is -2.36. The standard InChI is InChI=1S/C21H18F3N3OS/c22-21(23,24)16-7-4-8-17(13-16)26-9-11-27(12-10-26)20(28)18-14-29-19(25-18)15-5-2-1-3-6-15/h1-8,13-14H,9-12H2. The molecule has 0 radical (unpaired) electrons. The minimum absolute atomic E-state index is 0.146. The Bertz CT molecular complexity index is 996. The molecule has 1 aromatic heterocycles. The van der Waals surface area contributed by atoms with E-state index in [1.807, 2.05) is 35.2 Å². The Labute approximate surface area is 170 Å². The maximum Gasteiger partial charge on any atom is 0.416 e. The van der Waals surface area contributed by atoms with Gasteiger partial charge in [0.05, 0.1) is 5.56 Å². The summed E-state index contributed by atoms with van der Waals surface area (Å²) in [6.45, 7) is 1.83. The molecule has 0 unspecified atom stereocenters. The van der Waals surface area contributed by atoms with Crippen LogP contribution < -0.4 is 4.90 Å². The fourth-order valence-corrected chi connectivity index (χ4v) is 4.09. The lowest BCUT2D eigenvalue weighted by molar-refractivity contribution is -0.137. The fourth-order valence-electron chi connectivity index (χ4n) is 3.29. The average Bonchev–Trinajstić information content (AvgIpc) is 3.24. The number of halogens is 3. The van der Waals surface area contributed by atoms with Crippen molar-refractivity contribution in [3.8, 4) is 10.6 Å². The lowest BCUT2D eigenvalue weighted by atomic mass is 10.1. The molecule has 1 aliphatic heterocycles. The number of anilines is 1. The van der Waals surface area contributed by atoms with Crippen molar-refractivity contribution in [3.63, 3.8) is 0 Å². The van der Waals surface area contributed by atoms with E-state index in [2.05, 4.69) is 4.98 Å². The maximum atomic E-state index is 12.9. The lowest BCUT2D eigenvalue weighted by Crippen LogP contribution is -2.48. The fraction of sp³-hybridized carbons (Fsp3) is 0.238. The second kappa shape index (κ2) is 7.87. The summed E-state index contributed by atoms with van der Waals surface area (Å²) in [6.07, 6.45) is -4.37. The topological polar surface area (TPSA) is 36.4 Å². The van der Waals surface area contributed by atoms with Crippen LogP contribution in [-0.4, -0.2) is 42.0 Å². The third kappa shape index (κ3) is 4.27. The number of piperazine rings is 1. The first-order valence-corrected chi connectivity index (χ1v) is 10.0. The molecule has 0 saturated carbocycles. The molecule has 0 atom stereocenters. The van der Waals surface area contributed by atoms with Crippen molar-refractivity contribution in [2.45, 2.75) is 6.18 Å². The normalized spacial score (nSPS) is 14.9. The summed E-state index contributed by atoms with van der Waals surface area (Å²) in [6, 6.07) is 15.0. The summed E-state index contributed by atoms with van der Waals surface area (Å²) in [7, 11) is 0. The first-order valence-electron chi connectivity index (χ1n) is 9.14. The van der Waals surface area contributed by atoms with E-state index in [9.17, 15) is 18.0 Å². The molecule has 0 N–H and O–H groups in total. The molecule has 2 aromatic carbocycles. The van der Waals surface area contributed by atoms with Gasteiger partial charge in [-0.3, -0.25) is 4.79 Å². The van der Waals surface area contributed by atoms with E-state index in [1.165, 1.54) is 17.4 Å². The van der Waals surface area contributed by atoms with Crippen LogP contribution in [0.5, 0.6) is 0 Å². The van der Waals surface area contributed by atoms with Crippen LogP contribution in [0.1, 0.15) is 16.1 Å². The molecule has 2 heterocycles. The molecule has 4 nitrogen and oxygen atoms in total. The average molecular weight is 417 g/mol. The molecule has 1 amide bonds. The summed E-state index contributed by atoms with van der Waals surface area (Å²) in [5, 5.41) is 2.54. The Balaban J connectivity index is 1.41. The van der Waals surface area contributed by atoms with Crippen LogP contribution in [0.15, 0.2) is 60.0 Å². The van der Waals surface area contributed by atoms with Gasteiger partial charge in [0.25, 0.3) is 5.91 Å². The first-order chi connectivity index (χ1) is 13.9. The highest BCUT2D eigenvalue weighted by Gasteiger charge is 2.31. The number of aromatic nitrogens is 1. The van der Waals surface area contributed by atoms with E-state index >= 15 is 0 Å². The Morgan fingerprint density at radius 2 is 1.69 bits per heavy atom. The molecular formula is C21H18F3N3OS. The first kappa shape index (κ1) is 19.4. The third-order valence-corrected chi connectivity index (χ3v) is 5.74. The molecule has 3 aromatic rings. The quantitative estimate of drug-likeness (QED) is 0.615. The summed E-state index contributed by atoms with van der Waals surface area (Å²) in [5.41, 5.74) is 1.23. The van der Waals surface area contributed by atoms with Crippen molar-refractivity contribution in [2.75, 3.05) is 31.1 Å². The monoisotopic (exact) mass is 417 g/mol. The SMILES string of the molecule is O=C(c1csc(-c2ccccc2)n1)N1CCN(c2cccc(C(F)(F)F)c2)CC1. The molecule has 1 aliphatic rings. The zero-order chi connectivity index (χ0) is 20.4. The van der Waals surface area contributed by atoms with Crippen LogP contribution >= 0.6 is 11.3 Å². The van der Waals surface area contributed by atoms with Crippen LogP contribution in [0.25, 0.3) is 10.6 Å². The number of carbonyl (C=O) groups excluding carboxylic acids is 1. The van der Waals surface area contributed by atoms with Crippen LogP contribution in [0.3, 0.4) is 0 Å². The van der Waals surface area contributed by atoms with E-state index in [1.54, 1.807) is 16.3 Å². The van der Waals surface area contributed by atoms with Gasteiger partial charge in [-0.15, -0.1) is 11.3 Å². The van der Waals surface area contributed by atoms with Gasteiger partial charge in [-0.2, -0.15) is 13.2 Å². The molecule has 29 heavy (non-hydrogen) atoms. The molecule has 0 bridgehead atoms. The van der Waals surface area contributed by atoms with Crippen molar-refractivity contribution < 1.29 is 18.0 Å². The number of alkyl halides is 3. The van der Waals surface area contributed by atoms with Crippen molar-refractivity contribution >= 4 is 22.9 Å². The van der Waals surface area contributed by atoms with Crippen molar-refractivity contribution in [1.29, 1.82) is 0 Å². The van der Waals surface area contributed by atoms with E-state index in [-0.39, 0.29) is 5.91 Å². The third-order valence-electron chi connectivity index (χ3n) is 4.85. The number of amides is 1. The van der Waals surface area contributed by atoms with Crippen molar-refractivity contribution in [2.24, 2.45) is 0 Å². The Morgan fingerprint density at radius 1 is 0.966 bits per heavy atom. The van der Waals surface area contributed by atoms with Crippen molar-refractivity contribution in [1.82, 2.24) is 9.88 Å². The van der Waals surface area contributed by atoms with Crippen LogP contribution in [0.4, 0.5) is 18.9 Å². The van der Waals surface area contributed by atoms with Crippen LogP contribution in [0.2, 0.25) is 0 Å². The number of hydrogen-bond donors (Lipinski definition) is 0. The minimum Gasteiger partial charge on any atom is -0.368 e.